The van der Waals surface area contributed by atoms with E-state index in [1.165, 1.54) is 9.71 Å². The number of amidine groups is 1. The first-order chi connectivity index (χ1) is 14.1. The quantitative estimate of drug-likeness (QED) is 0.615. The highest BCUT2D eigenvalue weighted by Crippen LogP contribution is 2.22. The molecule has 3 aromatic rings. The number of hydrazine groups is 1. The molecular weight excluding hydrogens is 386 g/mol. The third-order valence-electron chi connectivity index (χ3n) is 4.54. The SMILES string of the molecule is CC1N=C(C(=O)NCCCc2nc3ccccc3s2)NN(c2ccccc2)C1=O. The zero-order chi connectivity index (χ0) is 20.2. The molecule has 2 aromatic carbocycles. The fourth-order valence-corrected chi connectivity index (χ4v) is 4.07. The van der Waals surface area contributed by atoms with Crippen molar-refractivity contribution in [3.63, 3.8) is 0 Å². The Labute approximate surface area is 172 Å². The van der Waals surface area contributed by atoms with Crippen molar-refractivity contribution in [2.45, 2.75) is 25.8 Å². The number of carbonyl (C=O) groups excluding carboxylic acids is 2. The molecule has 4 rings (SSSR count). The number of hydrogen-bond donors (Lipinski definition) is 2. The molecule has 1 aromatic heterocycles. The van der Waals surface area contributed by atoms with Gasteiger partial charge in [-0.3, -0.25) is 15.0 Å². The summed E-state index contributed by atoms with van der Waals surface area (Å²) < 4.78 is 1.17. The zero-order valence-electron chi connectivity index (χ0n) is 16.0. The molecule has 148 valence electrons. The summed E-state index contributed by atoms with van der Waals surface area (Å²) in [5, 5.41) is 5.30. The third kappa shape index (κ3) is 4.27. The largest absolute Gasteiger partial charge is 0.349 e. The number of para-hydroxylation sites is 2. The van der Waals surface area contributed by atoms with Crippen LogP contribution in [0, 0.1) is 0 Å². The van der Waals surface area contributed by atoms with Gasteiger partial charge in [0.2, 0.25) is 5.84 Å². The summed E-state index contributed by atoms with van der Waals surface area (Å²) in [4.78, 5) is 33.7. The van der Waals surface area contributed by atoms with Gasteiger partial charge in [0.25, 0.3) is 11.8 Å². The smallest absolute Gasteiger partial charge is 0.288 e. The van der Waals surface area contributed by atoms with Gasteiger partial charge in [0, 0.05) is 13.0 Å². The van der Waals surface area contributed by atoms with Crippen LogP contribution in [0.4, 0.5) is 5.69 Å². The first-order valence-corrected chi connectivity index (χ1v) is 10.3. The van der Waals surface area contributed by atoms with E-state index in [1.807, 2.05) is 36.4 Å². The lowest BCUT2D eigenvalue weighted by molar-refractivity contribution is -0.120. The average molecular weight is 407 g/mol. The molecule has 29 heavy (non-hydrogen) atoms. The van der Waals surface area contributed by atoms with Crippen molar-refractivity contribution in [2.75, 3.05) is 11.6 Å². The van der Waals surface area contributed by atoms with Crippen molar-refractivity contribution in [2.24, 2.45) is 4.99 Å². The number of nitrogens with zero attached hydrogens (tertiary/aromatic N) is 3. The summed E-state index contributed by atoms with van der Waals surface area (Å²) >= 11 is 1.68. The Bertz CT molecular complexity index is 1030. The summed E-state index contributed by atoms with van der Waals surface area (Å²) in [6.07, 6.45) is 1.57. The van der Waals surface area contributed by atoms with Crippen LogP contribution in [-0.4, -0.2) is 35.2 Å². The first-order valence-electron chi connectivity index (χ1n) is 9.48. The lowest BCUT2D eigenvalue weighted by Gasteiger charge is -2.30. The van der Waals surface area contributed by atoms with Crippen LogP contribution >= 0.6 is 11.3 Å². The highest BCUT2D eigenvalue weighted by molar-refractivity contribution is 7.18. The van der Waals surface area contributed by atoms with Gasteiger partial charge in [0.15, 0.2) is 0 Å². The monoisotopic (exact) mass is 407 g/mol. The molecule has 0 radical (unpaired) electrons. The van der Waals surface area contributed by atoms with Gasteiger partial charge in [-0.2, -0.15) is 0 Å². The van der Waals surface area contributed by atoms with Crippen LogP contribution in [0.15, 0.2) is 59.6 Å². The number of thiazole rings is 1. The van der Waals surface area contributed by atoms with Crippen LogP contribution in [0.5, 0.6) is 0 Å². The fourth-order valence-electron chi connectivity index (χ4n) is 3.06. The Kier molecular flexibility index (Phi) is 5.53. The Hall–Kier alpha value is -3.26. The third-order valence-corrected chi connectivity index (χ3v) is 5.64. The summed E-state index contributed by atoms with van der Waals surface area (Å²) in [5.74, 6) is -0.390. The fraction of sp³-hybridized carbons (Fsp3) is 0.238. The van der Waals surface area contributed by atoms with Crippen molar-refractivity contribution in [1.82, 2.24) is 15.7 Å². The van der Waals surface area contributed by atoms with Gasteiger partial charge in [-0.1, -0.05) is 30.3 Å². The van der Waals surface area contributed by atoms with E-state index in [0.29, 0.717) is 12.2 Å². The van der Waals surface area contributed by atoms with Crippen LogP contribution in [0.2, 0.25) is 0 Å². The number of rotatable bonds is 6. The molecule has 0 saturated carbocycles. The molecular formula is C21H21N5O2S. The standard InChI is InChI=1S/C21H21N5O2S/c1-14-21(28)26(15-8-3-2-4-9-15)25-19(23-14)20(27)22-13-7-12-18-24-16-10-5-6-11-17(16)29-18/h2-6,8-11,14H,7,12-13H2,1H3,(H,22,27)(H,23,25). The van der Waals surface area contributed by atoms with Gasteiger partial charge < -0.3 is 5.32 Å². The number of benzene rings is 2. The first kappa shape index (κ1) is 19.1. The molecule has 0 fully saturated rings. The summed E-state index contributed by atoms with van der Waals surface area (Å²) in [6, 6.07) is 16.6. The average Bonchev–Trinajstić information content (AvgIpc) is 3.16. The summed E-state index contributed by atoms with van der Waals surface area (Å²) in [5.41, 5.74) is 4.52. The zero-order valence-corrected chi connectivity index (χ0v) is 16.8. The van der Waals surface area contributed by atoms with Gasteiger partial charge in [-0.25, -0.2) is 15.0 Å². The number of aryl methyl sites for hydroxylation is 1. The number of aromatic nitrogens is 1. The van der Waals surface area contributed by atoms with E-state index in [2.05, 4.69) is 26.8 Å². The number of anilines is 1. The van der Waals surface area contributed by atoms with Crippen molar-refractivity contribution in [3.05, 3.63) is 59.6 Å². The van der Waals surface area contributed by atoms with Crippen molar-refractivity contribution in [1.29, 1.82) is 0 Å². The normalized spacial score (nSPS) is 16.4. The van der Waals surface area contributed by atoms with E-state index < -0.39 is 6.04 Å². The molecule has 0 spiro atoms. The second-order valence-corrected chi connectivity index (χ2v) is 7.82. The minimum atomic E-state index is -0.625. The molecule has 0 bridgehead atoms. The van der Waals surface area contributed by atoms with Crippen LogP contribution in [0.3, 0.4) is 0 Å². The lowest BCUT2D eigenvalue weighted by atomic mass is 10.2. The van der Waals surface area contributed by atoms with Crippen LogP contribution in [-0.2, 0) is 16.0 Å². The van der Waals surface area contributed by atoms with Crippen molar-refractivity contribution >= 4 is 44.9 Å². The van der Waals surface area contributed by atoms with Crippen LogP contribution in [0.1, 0.15) is 18.4 Å². The number of amides is 2. The number of hydrogen-bond acceptors (Lipinski definition) is 6. The van der Waals surface area contributed by atoms with Gasteiger partial charge >= 0.3 is 0 Å². The number of nitrogens with one attached hydrogen (secondary N) is 2. The molecule has 1 aliphatic heterocycles. The number of carbonyl (C=O) groups is 2. The highest BCUT2D eigenvalue weighted by atomic mass is 32.1. The maximum Gasteiger partial charge on any atom is 0.288 e. The topological polar surface area (TPSA) is 86.7 Å². The number of fused-ring (bicyclic) bond motifs is 1. The van der Waals surface area contributed by atoms with Gasteiger partial charge in [0.1, 0.15) is 6.04 Å². The molecule has 2 heterocycles. The van der Waals surface area contributed by atoms with Gasteiger partial charge in [-0.05, 0) is 37.6 Å². The van der Waals surface area contributed by atoms with E-state index in [4.69, 9.17) is 0 Å². The molecule has 1 aliphatic rings. The Balaban J connectivity index is 1.33. The van der Waals surface area contributed by atoms with Crippen molar-refractivity contribution in [3.8, 4) is 0 Å². The summed E-state index contributed by atoms with van der Waals surface area (Å²) in [7, 11) is 0. The van der Waals surface area contributed by atoms with Gasteiger partial charge in [-0.15, -0.1) is 11.3 Å². The Morgan fingerprint density at radius 3 is 2.72 bits per heavy atom. The minimum Gasteiger partial charge on any atom is -0.349 e. The van der Waals surface area contributed by atoms with E-state index in [9.17, 15) is 9.59 Å². The minimum absolute atomic E-state index is 0.140. The van der Waals surface area contributed by atoms with Gasteiger partial charge in [0.05, 0.1) is 20.9 Å². The molecule has 2 amide bonds. The van der Waals surface area contributed by atoms with E-state index in [0.717, 1.165) is 23.4 Å². The number of aliphatic imine (C=N–C) groups is 1. The van der Waals surface area contributed by atoms with Crippen LogP contribution < -0.4 is 15.8 Å². The molecule has 1 atom stereocenters. The lowest BCUT2D eigenvalue weighted by Crippen LogP contribution is -2.58. The molecule has 1 unspecified atom stereocenters. The molecule has 7 nitrogen and oxygen atoms in total. The van der Waals surface area contributed by atoms with E-state index in [1.54, 1.807) is 30.4 Å². The maximum atomic E-state index is 12.5. The molecule has 2 N–H and O–H groups in total. The molecule has 0 saturated heterocycles. The maximum absolute atomic E-state index is 12.5. The Morgan fingerprint density at radius 1 is 1.17 bits per heavy atom. The van der Waals surface area contributed by atoms with E-state index >= 15 is 0 Å². The van der Waals surface area contributed by atoms with Crippen LogP contribution in [0.25, 0.3) is 10.2 Å². The van der Waals surface area contributed by atoms with E-state index in [-0.39, 0.29) is 17.6 Å². The predicted molar refractivity (Wildman–Crippen MR) is 115 cm³/mol. The second kappa shape index (κ2) is 8.40. The predicted octanol–water partition coefficient (Wildman–Crippen LogP) is 2.68. The summed E-state index contributed by atoms with van der Waals surface area (Å²) in [6.45, 7) is 2.18. The Morgan fingerprint density at radius 2 is 1.93 bits per heavy atom. The van der Waals surface area contributed by atoms with Crippen molar-refractivity contribution < 1.29 is 9.59 Å². The second-order valence-electron chi connectivity index (χ2n) is 6.71. The highest BCUT2D eigenvalue weighted by Gasteiger charge is 2.30. The molecule has 8 heteroatoms. The molecule has 0 aliphatic carbocycles.